The Bertz CT molecular complexity index is 677. The van der Waals surface area contributed by atoms with E-state index in [1.807, 2.05) is 36.4 Å². The summed E-state index contributed by atoms with van der Waals surface area (Å²) in [5.74, 6) is 1.17. The van der Waals surface area contributed by atoms with E-state index in [2.05, 4.69) is 15.1 Å². The second-order valence-electron chi connectivity index (χ2n) is 4.45. The van der Waals surface area contributed by atoms with Crippen molar-refractivity contribution in [2.45, 2.75) is 13.0 Å². The Hall–Kier alpha value is -2.53. The third-order valence-corrected chi connectivity index (χ3v) is 2.99. The summed E-state index contributed by atoms with van der Waals surface area (Å²) in [5, 5.41) is 3.99. The molecule has 5 nitrogen and oxygen atoms in total. The quantitative estimate of drug-likeness (QED) is 0.783. The minimum atomic E-state index is 0.521. The van der Waals surface area contributed by atoms with Crippen LogP contribution in [0.1, 0.15) is 17.0 Å². The van der Waals surface area contributed by atoms with E-state index in [9.17, 15) is 0 Å². The van der Waals surface area contributed by atoms with Crippen LogP contribution in [0.4, 0.5) is 0 Å². The zero-order valence-corrected chi connectivity index (χ0v) is 10.9. The summed E-state index contributed by atoms with van der Waals surface area (Å²) < 4.78 is 5.28. The highest BCUT2D eigenvalue weighted by atomic mass is 16.5. The van der Waals surface area contributed by atoms with E-state index in [0.717, 1.165) is 16.7 Å². The average Bonchev–Trinajstić information content (AvgIpc) is 2.97. The first-order chi connectivity index (χ1) is 9.85. The van der Waals surface area contributed by atoms with E-state index in [1.165, 1.54) is 0 Å². The standard InChI is InChI=1S/C15H14N4O/c16-9-11-3-5-13(6-4-11)15-18-14(19-20-15)8-12-2-1-7-17-10-12/h1-7,10H,8-9,16H2. The summed E-state index contributed by atoms with van der Waals surface area (Å²) in [5.41, 5.74) is 8.59. The summed E-state index contributed by atoms with van der Waals surface area (Å²) >= 11 is 0. The lowest BCUT2D eigenvalue weighted by Gasteiger charge is -1.97. The van der Waals surface area contributed by atoms with Gasteiger partial charge < -0.3 is 10.3 Å². The first kappa shape index (κ1) is 12.5. The minimum absolute atomic E-state index is 0.521. The molecule has 0 saturated heterocycles. The van der Waals surface area contributed by atoms with Gasteiger partial charge >= 0.3 is 0 Å². The predicted molar refractivity (Wildman–Crippen MR) is 74.7 cm³/mol. The predicted octanol–water partition coefficient (Wildman–Crippen LogP) is 2.18. The van der Waals surface area contributed by atoms with Gasteiger partial charge in [-0.2, -0.15) is 4.98 Å². The van der Waals surface area contributed by atoms with Crippen molar-refractivity contribution in [1.29, 1.82) is 0 Å². The minimum Gasteiger partial charge on any atom is -0.334 e. The maximum absolute atomic E-state index is 5.57. The molecule has 3 aromatic rings. The summed E-state index contributed by atoms with van der Waals surface area (Å²) in [6, 6.07) is 11.7. The molecule has 0 bridgehead atoms. The molecule has 0 fully saturated rings. The van der Waals surface area contributed by atoms with Gasteiger partial charge in [0.1, 0.15) is 0 Å². The molecule has 0 unspecified atom stereocenters. The molecule has 0 radical (unpaired) electrons. The molecule has 0 amide bonds. The maximum Gasteiger partial charge on any atom is 0.257 e. The van der Waals surface area contributed by atoms with Gasteiger partial charge in [0.05, 0.1) is 0 Å². The molecule has 0 spiro atoms. The lowest BCUT2D eigenvalue weighted by atomic mass is 10.1. The summed E-state index contributed by atoms with van der Waals surface area (Å²) in [7, 11) is 0. The van der Waals surface area contributed by atoms with Crippen LogP contribution >= 0.6 is 0 Å². The third kappa shape index (κ3) is 2.73. The van der Waals surface area contributed by atoms with Crippen LogP contribution < -0.4 is 5.73 Å². The maximum atomic E-state index is 5.57. The van der Waals surface area contributed by atoms with Crippen molar-refractivity contribution in [1.82, 2.24) is 15.1 Å². The molecule has 2 aromatic heterocycles. The molecule has 100 valence electrons. The summed E-state index contributed by atoms with van der Waals surface area (Å²) in [6.07, 6.45) is 4.15. The SMILES string of the molecule is NCc1ccc(-c2nc(Cc3cccnc3)no2)cc1. The number of aromatic nitrogens is 3. The Morgan fingerprint density at radius 2 is 1.90 bits per heavy atom. The smallest absolute Gasteiger partial charge is 0.257 e. The van der Waals surface area contributed by atoms with E-state index in [4.69, 9.17) is 10.3 Å². The highest BCUT2D eigenvalue weighted by Crippen LogP contribution is 2.18. The molecule has 3 rings (SSSR count). The van der Waals surface area contributed by atoms with Crippen molar-refractivity contribution < 1.29 is 4.52 Å². The Kier molecular flexibility index (Phi) is 3.52. The number of pyridine rings is 1. The fourth-order valence-electron chi connectivity index (χ4n) is 1.91. The highest BCUT2D eigenvalue weighted by molar-refractivity contribution is 5.53. The molecule has 0 aliphatic carbocycles. The number of rotatable bonds is 4. The van der Waals surface area contributed by atoms with Gasteiger partial charge in [0.15, 0.2) is 5.82 Å². The fraction of sp³-hybridized carbons (Fsp3) is 0.133. The monoisotopic (exact) mass is 266 g/mol. The van der Waals surface area contributed by atoms with Crippen molar-refractivity contribution in [2.24, 2.45) is 5.73 Å². The first-order valence-electron chi connectivity index (χ1n) is 6.36. The summed E-state index contributed by atoms with van der Waals surface area (Å²) in [4.78, 5) is 8.46. The molecule has 20 heavy (non-hydrogen) atoms. The van der Waals surface area contributed by atoms with Crippen LogP contribution in [-0.2, 0) is 13.0 Å². The van der Waals surface area contributed by atoms with Crippen LogP contribution in [0.25, 0.3) is 11.5 Å². The van der Waals surface area contributed by atoms with Crippen LogP contribution in [0.2, 0.25) is 0 Å². The van der Waals surface area contributed by atoms with Gasteiger partial charge in [0, 0.05) is 30.9 Å². The molecule has 0 aliphatic heterocycles. The Morgan fingerprint density at radius 3 is 2.60 bits per heavy atom. The van der Waals surface area contributed by atoms with Crippen molar-refractivity contribution in [3.63, 3.8) is 0 Å². The van der Waals surface area contributed by atoms with Crippen LogP contribution in [0.3, 0.4) is 0 Å². The second-order valence-corrected chi connectivity index (χ2v) is 4.45. The Balaban J connectivity index is 1.79. The van der Waals surface area contributed by atoms with Crippen molar-refractivity contribution in [2.75, 3.05) is 0 Å². The molecule has 2 N–H and O–H groups in total. The zero-order valence-electron chi connectivity index (χ0n) is 10.9. The average molecular weight is 266 g/mol. The lowest BCUT2D eigenvalue weighted by molar-refractivity contribution is 0.424. The molecular formula is C15H14N4O. The van der Waals surface area contributed by atoms with Crippen LogP contribution in [0, 0.1) is 0 Å². The Labute approximate surface area is 116 Å². The molecule has 1 aromatic carbocycles. The molecule has 2 heterocycles. The number of benzene rings is 1. The van der Waals surface area contributed by atoms with Gasteiger partial charge in [0.25, 0.3) is 5.89 Å². The van der Waals surface area contributed by atoms with E-state index < -0.39 is 0 Å². The fourth-order valence-corrected chi connectivity index (χ4v) is 1.91. The van der Waals surface area contributed by atoms with Gasteiger partial charge in [-0.3, -0.25) is 4.98 Å². The van der Waals surface area contributed by atoms with Crippen LogP contribution in [0.15, 0.2) is 53.3 Å². The van der Waals surface area contributed by atoms with E-state index in [-0.39, 0.29) is 0 Å². The van der Waals surface area contributed by atoms with Crippen molar-refractivity contribution in [3.05, 3.63) is 65.7 Å². The highest BCUT2D eigenvalue weighted by Gasteiger charge is 2.09. The molecule has 5 heteroatoms. The number of hydrogen-bond donors (Lipinski definition) is 1. The topological polar surface area (TPSA) is 77.8 Å². The number of hydrogen-bond acceptors (Lipinski definition) is 5. The van der Waals surface area contributed by atoms with E-state index >= 15 is 0 Å². The molecule has 0 atom stereocenters. The van der Waals surface area contributed by atoms with Crippen LogP contribution in [0.5, 0.6) is 0 Å². The lowest BCUT2D eigenvalue weighted by Crippen LogP contribution is -1.95. The van der Waals surface area contributed by atoms with E-state index in [1.54, 1.807) is 12.4 Å². The van der Waals surface area contributed by atoms with Crippen molar-refractivity contribution >= 4 is 0 Å². The second kappa shape index (κ2) is 5.63. The van der Waals surface area contributed by atoms with Gasteiger partial charge in [-0.15, -0.1) is 0 Å². The van der Waals surface area contributed by atoms with Gasteiger partial charge in [-0.1, -0.05) is 23.4 Å². The van der Waals surface area contributed by atoms with Gasteiger partial charge in [0.2, 0.25) is 0 Å². The normalized spacial score (nSPS) is 10.7. The molecular weight excluding hydrogens is 252 g/mol. The van der Waals surface area contributed by atoms with Crippen LogP contribution in [-0.4, -0.2) is 15.1 Å². The third-order valence-electron chi connectivity index (χ3n) is 2.99. The summed E-state index contributed by atoms with van der Waals surface area (Å²) in [6.45, 7) is 0.524. The zero-order chi connectivity index (χ0) is 13.8. The van der Waals surface area contributed by atoms with Crippen molar-refractivity contribution in [3.8, 4) is 11.5 Å². The Morgan fingerprint density at radius 1 is 1.05 bits per heavy atom. The van der Waals surface area contributed by atoms with Gasteiger partial charge in [-0.05, 0) is 29.3 Å². The van der Waals surface area contributed by atoms with Gasteiger partial charge in [-0.25, -0.2) is 0 Å². The first-order valence-corrected chi connectivity index (χ1v) is 6.36. The number of nitrogens with zero attached hydrogens (tertiary/aromatic N) is 3. The molecule has 0 saturated carbocycles. The van der Waals surface area contributed by atoms with E-state index in [0.29, 0.717) is 24.7 Å². The molecule has 0 aliphatic rings. The largest absolute Gasteiger partial charge is 0.334 e. The number of nitrogens with two attached hydrogens (primary N) is 1.